The zero-order valence-electron chi connectivity index (χ0n) is 11.5. The Bertz CT molecular complexity index is 538. The number of aryl methyl sites for hydroxylation is 1. The maximum Gasteiger partial charge on any atom is 0.0677 e. The molecule has 1 saturated heterocycles. The summed E-state index contributed by atoms with van der Waals surface area (Å²) in [7, 11) is 0. The van der Waals surface area contributed by atoms with Crippen molar-refractivity contribution in [3.05, 3.63) is 47.8 Å². The van der Waals surface area contributed by atoms with Crippen molar-refractivity contribution in [3.63, 3.8) is 0 Å². The van der Waals surface area contributed by atoms with E-state index in [0.29, 0.717) is 0 Å². The fourth-order valence-corrected chi connectivity index (χ4v) is 2.86. The topological polar surface area (TPSA) is 29.9 Å². The van der Waals surface area contributed by atoms with Crippen molar-refractivity contribution in [2.75, 3.05) is 13.1 Å². The summed E-state index contributed by atoms with van der Waals surface area (Å²) in [5.41, 5.74) is 3.83. The maximum absolute atomic E-state index is 4.44. The minimum absolute atomic E-state index is 0.756. The van der Waals surface area contributed by atoms with Crippen LogP contribution in [0.5, 0.6) is 0 Å². The van der Waals surface area contributed by atoms with Crippen LogP contribution >= 0.6 is 0 Å². The van der Waals surface area contributed by atoms with Gasteiger partial charge < -0.3 is 5.32 Å². The second-order valence-electron chi connectivity index (χ2n) is 5.51. The Kier molecular flexibility index (Phi) is 3.65. The first-order chi connectivity index (χ1) is 9.33. The minimum Gasteiger partial charge on any atom is -0.316 e. The minimum atomic E-state index is 0.756. The quantitative estimate of drug-likeness (QED) is 0.914. The molecule has 0 saturated carbocycles. The van der Waals surface area contributed by atoms with Gasteiger partial charge in [-0.05, 0) is 62.4 Å². The second-order valence-corrected chi connectivity index (χ2v) is 5.51. The van der Waals surface area contributed by atoms with Crippen LogP contribution in [0.4, 0.5) is 0 Å². The average molecular weight is 255 g/mol. The van der Waals surface area contributed by atoms with E-state index in [1.54, 1.807) is 0 Å². The van der Waals surface area contributed by atoms with E-state index in [2.05, 4.69) is 47.8 Å². The second kappa shape index (κ2) is 5.57. The fourth-order valence-electron chi connectivity index (χ4n) is 2.86. The Morgan fingerprint density at radius 3 is 3.00 bits per heavy atom. The molecule has 0 aliphatic carbocycles. The maximum atomic E-state index is 4.44. The van der Waals surface area contributed by atoms with Gasteiger partial charge in [0.25, 0.3) is 0 Å². The number of hydrogen-bond acceptors (Lipinski definition) is 2. The van der Waals surface area contributed by atoms with Crippen LogP contribution in [0, 0.1) is 12.8 Å². The summed E-state index contributed by atoms with van der Waals surface area (Å²) in [5.74, 6) is 0.756. The number of rotatable bonds is 3. The third-order valence-electron chi connectivity index (χ3n) is 3.86. The summed E-state index contributed by atoms with van der Waals surface area (Å²) in [4.78, 5) is 0. The third kappa shape index (κ3) is 2.87. The van der Waals surface area contributed by atoms with Crippen molar-refractivity contribution < 1.29 is 0 Å². The molecule has 0 spiro atoms. The molecular formula is C16H21N3. The van der Waals surface area contributed by atoms with E-state index in [4.69, 9.17) is 0 Å². The van der Waals surface area contributed by atoms with Gasteiger partial charge in [-0.1, -0.05) is 18.2 Å². The first-order valence-electron chi connectivity index (χ1n) is 7.13. The molecule has 2 heterocycles. The molecule has 1 unspecified atom stereocenters. The molecule has 1 aromatic heterocycles. The van der Waals surface area contributed by atoms with Crippen LogP contribution in [0.2, 0.25) is 0 Å². The molecule has 0 amide bonds. The van der Waals surface area contributed by atoms with E-state index < -0.39 is 0 Å². The molecule has 1 aliphatic rings. The number of nitrogens with zero attached hydrogens (tertiary/aromatic N) is 2. The van der Waals surface area contributed by atoms with Gasteiger partial charge in [0, 0.05) is 6.20 Å². The summed E-state index contributed by atoms with van der Waals surface area (Å²) in [5, 5.41) is 7.94. The van der Waals surface area contributed by atoms with Gasteiger partial charge in [-0.15, -0.1) is 0 Å². The van der Waals surface area contributed by atoms with Crippen molar-refractivity contribution in [3.8, 4) is 5.69 Å². The van der Waals surface area contributed by atoms with Gasteiger partial charge in [-0.25, -0.2) is 4.68 Å². The Morgan fingerprint density at radius 1 is 1.37 bits per heavy atom. The van der Waals surface area contributed by atoms with Gasteiger partial charge in [0.2, 0.25) is 0 Å². The monoisotopic (exact) mass is 255 g/mol. The Balaban J connectivity index is 1.84. The van der Waals surface area contributed by atoms with Gasteiger partial charge in [-0.2, -0.15) is 5.10 Å². The number of aromatic nitrogens is 2. The van der Waals surface area contributed by atoms with Crippen molar-refractivity contribution >= 4 is 0 Å². The standard InChI is InChI=1S/C16H21N3/c1-13-10-18-19(12-13)16-7-3-2-6-15(16)9-14-5-4-8-17-11-14/h2-3,6-7,10,12,14,17H,4-5,8-9,11H2,1H3. The molecule has 100 valence electrons. The van der Waals surface area contributed by atoms with Crippen LogP contribution in [0.25, 0.3) is 5.69 Å². The third-order valence-corrected chi connectivity index (χ3v) is 3.86. The van der Waals surface area contributed by atoms with Crippen LogP contribution in [0.1, 0.15) is 24.0 Å². The zero-order valence-corrected chi connectivity index (χ0v) is 11.5. The van der Waals surface area contributed by atoms with E-state index >= 15 is 0 Å². The van der Waals surface area contributed by atoms with Gasteiger partial charge >= 0.3 is 0 Å². The van der Waals surface area contributed by atoms with E-state index in [1.165, 1.54) is 36.2 Å². The molecule has 1 fully saturated rings. The largest absolute Gasteiger partial charge is 0.316 e. The SMILES string of the molecule is Cc1cnn(-c2ccccc2CC2CCCNC2)c1. The summed E-state index contributed by atoms with van der Waals surface area (Å²) in [6.07, 6.45) is 7.78. The van der Waals surface area contributed by atoms with Gasteiger partial charge in [0.1, 0.15) is 0 Å². The van der Waals surface area contributed by atoms with E-state index in [-0.39, 0.29) is 0 Å². The molecule has 3 nitrogen and oxygen atoms in total. The van der Waals surface area contributed by atoms with Crippen molar-refractivity contribution in [1.29, 1.82) is 0 Å². The lowest BCUT2D eigenvalue weighted by Gasteiger charge is -2.23. The van der Waals surface area contributed by atoms with Crippen LogP contribution in [0.3, 0.4) is 0 Å². The molecule has 0 radical (unpaired) electrons. The zero-order chi connectivity index (χ0) is 13.1. The number of para-hydroxylation sites is 1. The molecule has 3 rings (SSSR count). The fraction of sp³-hybridized carbons (Fsp3) is 0.438. The van der Waals surface area contributed by atoms with Crippen LogP contribution in [0.15, 0.2) is 36.7 Å². The highest BCUT2D eigenvalue weighted by molar-refractivity contribution is 5.41. The van der Waals surface area contributed by atoms with E-state index in [1.807, 2.05) is 10.9 Å². The summed E-state index contributed by atoms with van der Waals surface area (Å²) in [6, 6.07) is 8.62. The predicted octanol–water partition coefficient (Wildman–Crippen LogP) is 2.72. The van der Waals surface area contributed by atoms with Crippen molar-refractivity contribution in [2.24, 2.45) is 5.92 Å². The first kappa shape index (κ1) is 12.4. The molecule has 1 aromatic carbocycles. The van der Waals surface area contributed by atoms with Gasteiger partial charge in [0.05, 0.1) is 11.9 Å². The molecule has 1 atom stereocenters. The predicted molar refractivity (Wildman–Crippen MR) is 77.6 cm³/mol. The number of nitrogens with one attached hydrogen (secondary N) is 1. The molecule has 1 aliphatic heterocycles. The summed E-state index contributed by atoms with van der Waals surface area (Å²) in [6.45, 7) is 4.40. The Labute approximate surface area is 114 Å². The summed E-state index contributed by atoms with van der Waals surface area (Å²) >= 11 is 0. The van der Waals surface area contributed by atoms with Crippen LogP contribution < -0.4 is 5.32 Å². The Morgan fingerprint density at radius 2 is 2.26 bits per heavy atom. The molecule has 1 N–H and O–H groups in total. The van der Waals surface area contributed by atoms with Crippen molar-refractivity contribution in [2.45, 2.75) is 26.2 Å². The van der Waals surface area contributed by atoms with E-state index in [9.17, 15) is 0 Å². The lowest BCUT2D eigenvalue weighted by atomic mass is 9.91. The molecule has 3 heteroatoms. The average Bonchev–Trinajstić information content (AvgIpc) is 2.87. The first-order valence-corrected chi connectivity index (χ1v) is 7.13. The van der Waals surface area contributed by atoms with Crippen molar-refractivity contribution in [1.82, 2.24) is 15.1 Å². The van der Waals surface area contributed by atoms with Gasteiger partial charge in [-0.3, -0.25) is 0 Å². The molecule has 19 heavy (non-hydrogen) atoms. The highest BCUT2D eigenvalue weighted by atomic mass is 15.3. The lowest BCUT2D eigenvalue weighted by molar-refractivity contribution is 0.376. The normalized spacial score (nSPS) is 19.5. The smallest absolute Gasteiger partial charge is 0.0677 e. The van der Waals surface area contributed by atoms with Gasteiger partial charge in [0.15, 0.2) is 0 Å². The number of piperidine rings is 1. The van der Waals surface area contributed by atoms with E-state index in [0.717, 1.165) is 18.9 Å². The molecule has 0 bridgehead atoms. The number of hydrogen-bond donors (Lipinski definition) is 1. The molecular weight excluding hydrogens is 234 g/mol. The number of benzene rings is 1. The highest BCUT2D eigenvalue weighted by Crippen LogP contribution is 2.21. The Hall–Kier alpha value is -1.61. The van der Waals surface area contributed by atoms with Crippen LogP contribution in [-0.4, -0.2) is 22.9 Å². The van der Waals surface area contributed by atoms with Crippen LogP contribution in [-0.2, 0) is 6.42 Å². The highest BCUT2D eigenvalue weighted by Gasteiger charge is 2.15. The lowest BCUT2D eigenvalue weighted by Crippen LogP contribution is -2.31. The summed E-state index contributed by atoms with van der Waals surface area (Å²) < 4.78 is 2.00. The molecule has 2 aromatic rings.